The Morgan fingerprint density at radius 3 is 2.79 bits per heavy atom. The maximum Gasteiger partial charge on any atom is 0.194 e. The highest BCUT2D eigenvalue weighted by molar-refractivity contribution is 5.92. The first-order valence-electron chi connectivity index (χ1n) is 4.34. The number of hydrogen-bond donors (Lipinski definition) is 2. The van der Waals surface area contributed by atoms with E-state index in [-0.39, 0.29) is 0 Å². The van der Waals surface area contributed by atoms with E-state index in [9.17, 15) is 0 Å². The Kier molecular flexibility index (Phi) is 4.09. The van der Waals surface area contributed by atoms with Gasteiger partial charge in [0.15, 0.2) is 5.96 Å². The molecule has 0 aliphatic heterocycles. The number of anilines is 1. The SMILES string of the molecule is CC#CCN=C(N)Nc1ccccc1. The predicted molar refractivity (Wildman–Crippen MR) is 60.0 cm³/mol. The smallest absolute Gasteiger partial charge is 0.194 e. The molecule has 1 aromatic rings. The van der Waals surface area contributed by atoms with Gasteiger partial charge in [0, 0.05) is 5.69 Å². The summed E-state index contributed by atoms with van der Waals surface area (Å²) in [6.07, 6.45) is 0. The molecule has 0 spiro atoms. The zero-order valence-electron chi connectivity index (χ0n) is 8.12. The molecule has 3 heteroatoms. The Hall–Kier alpha value is -1.95. The second kappa shape index (κ2) is 5.65. The fourth-order valence-corrected chi connectivity index (χ4v) is 0.913. The van der Waals surface area contributed by atoms with Crippen molar-refractivity contribution in [2.24, 2.45) is 10.7 Å². The maximum absolute atomic E-state index is 5.62. The van der Waals surface area contributed by atoms with Gasteiger partial charge in [0.25, 0.3) is 0 Å². The summed E-state index contributed by atoms with van der Waals surface area (Å²) < 4.78 is 0. The van der Waals surface area contributed by atoms with Gasteiger partial charge in [-0.3, -0.25) is 0 Å². The quantitative estimate of drug-likeness (QED) is 0.418. The van der Waals surface area contributed by atoms with Crippen LogP contribution in [0.5, 0.6) is 0 Å². The summed E-state index contributed by atoms with van der Waals surface area (Å²) in [5, 5.41) is 2.96. The highest BCUT2D eigenvalue weighted by atomic mass is 15.1. The molecule has 72 valence electrons. The van der Waals surface area contributed by atoms with Gasteiger partial charge in [0.1, 0.15) is 6.54 Å². The van der Waals surface area contributed by atoms with Gasteiger partial charge in [-0.25, -0.2) is 4.99 Å². The number of nitrogens with zero attached hydrogens (tertiary/aromatic N) is 1. The van der Waals surface area contributed by atoms with Crippen molar-refractivity contribution in [2.75, 3.05) is 11.9 Å². The number of rotatable bonds is 2. The first-order valence-corrected chi connectivity index (χ1v) is 4.34. The summed E-state index contributed by atoms with van der Waals surface area (Å²) in [6.45, 7) is 2.21. The molecule has 0 saturated heterocycles. The molecule has 3 N–H and O–H groups in total. The molecular weight excluding hydrogens is 174 g/mol. The van der Waals surface area contributed by atoms with E-state index in [0.717, 1.165) is 5.69 Å². The molecule has 1 rings (SSSR count). The molecule has 0 unspecified atom stereocenters. The van der Waals surface area contributed by atoms with Gasteiger partial charge < -0.3 is 11.1 Å². The van der Waals surface area contributed by atoms with Crippen LogP contribution in [-0.4, -0.2) is 12.5 Å². The van der Waals surface area contributed by atoms with E-state index >= 15 is 0 Å². The van der Waals surface area contributed by atoms with Crippen LogP contribution < -0.4 is 11.1 Å². The third kappa shape index (κ3) is 3.63. The summed E-state index contributed by atoms with van der Waals surface area (Å²) in [7, 11) is 0. The lowest BCUT2D eigenvalue weighted by Gasteiger charge is -2.03. The summed E-state index contributed by atoms with van der Waals surface area (Å²) in [5.74, 6) is 5.94. The largest absolute Gasteiger partial charge is 0.370 e. The lowest BCUT2D eigenvalue weighted by molar-refractivity contribution is 1.26. The van der Waals surface area contributed by atoms with Crippen molar-refractivity contribution in [3.8, 4) is 11.8 Å². The van der Waals surface area contributed by atoms with Crippen LogP contribution in [0.3, 0.4) is 0 Å². The summed E-state index contributed by atoms with van der Waals surface area (Å²) in [4.78, 5) is 4.02. The highest BCUT2D eigenvalue weighted by Gasteiger charge is 1.91. The Bertz CT molecular complexity index is 357. The third-order valence-corrected chi connectivity index (χ3v) is 1.55. The van der Waals surface area contributed by atoms with Crippen molar-refractivity contribution in [3.05, 3.63) is 30.3 Å². The number of benzene rings is 1. The molecule has 0 atom stereocenters. The Labute approximate surface area is 84.0 Å². The van der Waals surface area contributed by atoms with Crippen LogP contribution in [0.4, 0.5) is 5.69 Å². The van der Waals surface area contributed by atoms with E-state index < -0.39 is 0 Å². The normalized spacial score (nSPS) is 10.2. The van der Waals surface area contributed by atoms with Gasteiger partial charge in [-0.05, 0) is 19.1 Å². The molecule has 0 saturated carbocycles. The molecule has 0 amide bonds. The standard InChI is InChI=1S/C11H13N3/c1-2-3-9-13-11(12)14-10-7-5-4-6-8-10/h4-8H,9H2,1H3,(H3,12,13,14). The van der Waals surface area contributed by atoms with Gasteiger partial charge in [-0.1, -0.05) is 24.1 Å². The Morgan fingerprint density at radius 2 is 2.14 bits per heavy atom. The lowest BCUT2D eigenvalue weighted by Crippen LogP contribution is -2.22. The lowest BCUT2D eigenvalue weighted by atomic mass is 10.3. The number of hydrogen-bond acceptors (Lipinski definition) is 1. The monoisotopic (exact) mass is 187 g/mol. The van der Waals surface area contributed by atoms with E-state index in [1.165, 1.54) is 0 Å². The molecule has 0 radical (unpaired) electrons. The zero-order valence-corrected chi connectivity index (χ0v) is 8.12. The predicted octanol–water partition coefficient (Wildman–Crippen LogP) is 1.44. The minimum atomic E-state index is 0.388. The van der Waals surface area contributed by atoms with Crippen molar-refractivity contribution in [1.29, 1.82) is 0 Å². The molecule has 0 heterocycles. The van der Waals surface area contributed by atoms with Crippen molar-refractivity contribution in [1.82, 2.24) is 0 Å². The maximum atomic E-state index is 5.62. The van der Waals surface area contributed by atoms with Crippen LogP contribution in [0.15, 0.2) is 35.3 Å². The van der Waals surface area contributed by atoms with E-state index in [2.05, 4.69) is 22.2 Å². The number of nitrogens with two attached hydrogens (primary N) is 1. The summed E-state index contributed by atoms with van der Waals surface area (Å²) in [5.41, 5.74) is 6.55. The van der Waals surface area contributed by atoms with Gasteiger partial charge >= 0.3 is 0 Å². The topological polar surface area (TPSA) is 50.4 Å². The van der Waals surface area contributed by atoms with Crippen molar-refractivity contribution in [3.63, 3.8) is 0 Å². The second-order valence-corrected chi connectivity index (χ2v) is 2.62. The van der Waals surface area contributed by atoms with Crippen LogP contribution in [0, 0.1) is 11.8 Å². The van der Waals surface area contributed by atoms with Gasteiger partial charge in [-0.2, -0.15) is 0 Å². The molecular formula is C11H13N3. The first kappa shape index (κ1) is 10.1. The van der Waals surface area contributed by atoms with Crippen LogP contribution >= 0.6 is 0 Å². The average molecular weight is 187 g/mol. The molecule has 1 aromatic carbocycles. The Morgan fingerprint density at radius 1 is 1.43 bits per heavy atom. The van der Waals surface area contributed by atoms with E-state index in [1.54, 1.807) is 6.92 Å². The van der Waals surface area contributed by atoms with Crippen LogP contribution in [-0.2, 0) is 0 Å². The molecule has 3 nitrogen and oxygen atoms in total. The van der Waals surface area contributed by atoms with Gasteiger partial charge in [-0.15, -0.1) is 5.92 Å². The Balaban J connectivity index is 2.51. The number of guanidine groups is 1. The van der Waals surface area contributed by atoms with Crippen LogP contribution in [0.1, 0.15) is 6.92 Å². The van der Waals surface area contributed by atoms with Crippen molar-refractivity contribution in [2.45, 2.75) is 6.92 Å². The van der Waals surface area contributed by atoms with E-state index in [0.29, 0.717) is 12.5 Å². The molecule has 0 bridgehead atoms. The molecule has 0 aliphatic carbocycles. The number of para-hydroxylation sites is 1. The zero-order chi connectivity index (χ0) is 10.2. The second-order valence-electron chi connectivity index (χ2n) is 2.62. The number of nitrogens with one attached hydrogen (secondary N) is 1. The van der Waals surface area contributed by atoms with Gasteiger partial charge in [0.2, 0.25) is 0 Å². The fraction of sp³-hybridized carbons (Fsp3) is 0.182. The fourth-order valence-electron chi connectivity index (χ4n) is 0.913. The van der Waals surface area contributed by atoms with E-state index in [1.807, 2.05) is 30.3 Å². The average Bonchev–Trinajstić information content (AvgIpc) is 2.20. The van der Waals surface area contributed by atoms with Crippen molar-refractivity contribution >= 4 is 11.6 Å². The molecule has 0 aliphatic rings. The highest BCUT2D eigenvalue weighted by Crippen LogP contribution is 2.03. The molecule has 0 fully saturated rings. The first-order chi connectivity index (χ1) is 6.83. The molecule has 14 heavy (non-hydrogen) atoms. The minimum absolute atomic E-state index is 0.388. The van der Waals surface area contributed by atoms with Gasteiger partial charge in [0.05, 0.1) is 0 Å². The third-order valence-electron chi connectivity index (χ3n) is 1.55. The molecule has 0 aromatic heterocycles. The summed E-state index contributed by atoms with van der Waals surface area (Å²) >= 11 is 0. The van der Waals surface area contributed by atoms with Crippen molar-refractivity contribution < 1.29 is 0 Å². The minimum Gasteiger partial charge on any atom is -0.370 e. The van der Waals surface area contributed by atoms with E-state index in [4.69, 9.17) is 5.73 Å². The van der Waals surface area contributed by atoms with Crippen LogP contribution in [0.25, 0.3) is 0 Å². The summed E-state index contributed by atoms with van der Waals surface area (Å²) in [6, 6.07) is 9.66. The van der Waals surface area contributed by atoms with Crippen LogP contribution in [0.2, 0.25) is 0 Å². The number of aliphatic imine (C=N–C) groups is 1.